The second-order valence-corrected chi connectivity index (χ2v) is 4.02. The van der Waals surface area contributed by atoms with Crippen molar-refractivity contribution in [3.05, 3.63) is 35.9 Å². The van der Waals surface area contributed by atoms with Gasteiger partial charge in [-0.25, -0.2) is 0 Å². The van der Waals surface area contributed by atoms with Crippen LogP contribution in [0.15, 0.2) is 30.3 Å². The van der Waals surface area contributed by atoms with Gasteiger partial charge in [-0.3, -0.25) is 0 Å². The van der Waals surface area contributed by atoms with Gasteiger partial charge in [0.15, 0.2) is 0 Å². The first kappa shape index (κ1) is 12.2. The van der Waals surface area contributed by atoms with Crippen molar-refractivity contribution in [2.45, 2.75) is 38.8 Å². The van der Waals surface area contributed by atoms with Gasteiger partial charge in [-0.1, -0.05) is 43.7 Å². The Bertz CT molecular complexity index is 260. The number of rotatable bonds is 6. The van der Waals surface area contributed by atoms with Gasteiger partial charge >= 0.3 is 0 Å². The van der Waals surface area contributed by atoms with Crippen LogP contribution >= 0.6 is 0 Å². The van der Waals surface area contributed by atoms with E-state index in [-0.39, 0.29) is 0 Å². The van der Waals surface area contributed by atoms with Gasteiger partial charge in [-0.2, -0.15) is 0 Å². The van der Waals surface area contributed by atoms with Gasteiger partial charge < -0.3 is 10.4 Å². The molecular formula is C13H21NO. The fraction of sp³-hybridized carbons (Fsp3) is 0.538. The Morgan fingerprint density at radius 2 is 1.93 bits per heavy atom. The minimum absolute atomic E-state index is 0.398. The molecule has 0 aromatic heterocycles. The number of aliphatic hydroxyl groups excluding tert-OH is 1. The maximum atomic E-state index is 9.88. The molecule has 1 aromatic carbocycles. The number of aliphatic hydroxyl groups is 1. The molecule has 0 amide bonds. The fourth-order valence-corrected chi connectivity index (χ4v) is 1.64. The van der Waals surface area contributed by atoms with E-state index in [1.165, 1.54) is 6.42 Å². The first-order valence-corrected chi connectivity index (χ1v) is 5.70. The number of hydrogen-bond donors (Lipinski definition) is 2. The van der Waals surface area contributed by atoms with Crippen molar-refractivity contribution in [1.82, 2.24) is 5.32 Å². The first-order chi connectivity index (χ1) is 7.24. The summed E-state index contributed by atoms with van der Waals surface area (Å²) < 4.78 is 0. The summed E-state index contributed by atoms with van der Waals surface area (Å²) in [6, 6.07) is 10.3. The minimum atomic E-state index is -0.398. The topological polar surface area (TPSA) is 32.3 Å². The highest BCUT2D eigenvalue weighted by atomic mass is 16.3. The quantitative estimate of drug-likeness (QED) is 0.751. The van der Waals surface area contributed by atoms with Crippen molar-refractivity contribution in [1.29, 1.82) is 0 Å². The van der Waals surface area contributed by atoms with Gasteiger partial charge in [0.05, 0.1) is 6.10 Å². The summed E-state index contributed by atoms with van der Waals surface area (Å²) in [4.78, 5) is 0. The molecule has 0 radical (unpaired) electrons. The van der Waals surface area contributed by atoms with Gasteiger partial charge in [0, 0.05) is 12.6 Å². The van der Waals surface area contributed by atoms with E-state index in [2.05, 4.69) is 19.2 Å². The molecule has 0 bridgehead atoms. The molecule has 2 N–H and O–H groups in total. The standard InChI is InChI=1S/C13H21NO/c1-3-7-11(2)14-10-13(15)12-8-5-4-6-9-12/h4-6,8-9,11,13-15H,3,7,10H2,1-2H3. The van der Waals surface area contributed by atoms with Crippen molar-refractivity contribution in [3.8, 4) is 0 Å². The Morgan fingerprint density at radius 1 is 1.27 bits per heavy atom. The number of hydrogen-bond acceptors (Lipinski definition) is 2. The summed E-state index contributed by atoms with van der Waals surface area (Å²) >= 11 is 0. The van der Waals surface area contributed by atoms with Crippen molar-refractivity contribution >= 4 is 0 Å². The SMILES string of the molecule is CCCC(C)NCC(O)c1ccccc1. The largest absolute Gasteiger partial charge is 0.387 e. The van der Waals surface area contributed by atoms with Crippen molar-refractivity contribution < 1.29 is 5.11 Å². The first-order valence-electron chi connectivity index (χ1n) is 5.70. The van der Waals surface area contributed by atoms with Crippen LogP contribution in [0.4, 0.5) is 0 Å². The van der Waals surface area contributed by atoms with E-state index in [1.807, 2.05) is 30.3 Å². The summed E-state index contributed by atoms with van der Waals surface area (Å²) in [5, 5.41) is 13.2. The second-order valence-electron chi connectivity index (χ2n) is 4.02. The third kappa shape index (κ3) is 4.45. The smallest absolute Gasteiger partial charge is 0.0914 e. The molecule has 0 aliphatic heterocycles. The summed E-state index contributed by atoms with van der Waals surface area (Å²) in [5.41, 5.74) is 0.980. The second kappa shape index (κ2) is 6.59. The highest BCUT2D eigenvalue weighted by Crippen LogP contribution is 2.11. The molecule has 15 heavy (non-hydrogen) atoms. The zero-order chi connectivity index (χ0) is 11.1. The summed E-state index contributed by atoms with van der Waals surface area (Å²) in [5.74, 6) is 0. The normalized spacial score (nSPS) is 14.9. The molecule has 2 unspecified atom stereocenters. The Hall–Kier alpha value is -0.860. The van der Waals surface area contributed by atoms with Crippen LogP contribution in [0.2, 0.25) is 0 Å². The predicted octanol–water partition coefficient (Wildman–Crippen LogP) is 2.50. The van der Waals surface area contributed by atoms with Crippen molar-refractivity contribution in [3.63, 3.8) is 0 Å². The van der Waals surface area contributed by atoms with Gasteiger partial charge in [0.1, 0.15) is 0 Å². The summed E-state index contributed by atoms with van der Waals surface area (Å²) in [6.07, 6.45) is 1.93. The molecule has 2 nitrogen and oxygen atoms in total. The predicted molar refractivity (Wildman–Crippen MR) is 63.8 cm³/mol. The van der Waals surface area contributed by atoms with Crippen LogP contribution in [0, 0.1) is 0 Å². The highest BCUT2D eigenvalue weighted by molar-refractivity contribution is 5.17. The molecule has 0 heterocycles. The molecule has 0 spiro atoms. The van der Waals surface area contributed by atoms with Crippen molar-refractivity contribution in [2.24, 2.45) is 0 Å². The van der Waals surface area contributed by atoms with Crippen LogP contribution in [0.1, 0.15) is 38.4 Å². The highest BCUT2D eigenvalue weighted by Gasteiger charge is 2.07. The molecule has 84 valence electrons. The third-order valence-electron chi connectivity index (χ3n) is 2.57. The van der Waals surface area contributed by atoms with Crippen LogP contribution in [-0.2, 0) is 0 Å². The lowest BCUT2D eigenvalue weighted by molar-refractivity contribution is 0.170. The third-order valence-corrected chi connectivity index (χ3v) is 2.57. The van der Waals surface area contributed by atoms with E-state index in [9.17, 15) is 5.11 Å². The zero-order valence-corrected chi connectivity index (χ0v) is 9.61. The average Bonchev–Trinajstić information content (AvgIpc) is 2.27. The molecule has 0 fully saturated rings. The van der Waals surface area contributed by atoms with Crippen LogP contribution in [0.3, 0.4) is 0 Å². The van der Waals surface area contributed by atoms with Crippen LogP contribution in [0.5, 0.6) is 0 Å². The van der Waals surface area contributed by atoms with Crippen molar-refractivity contribution in [2.75, 3.05) is 6.54 Å². The lowest BCUT2D eigenvalue weighted by atomic mass is 10.1. The average molecular weight is 207 g/mol. The molecule has 2 heteroatoms. The minimum Gasteiger partial charge on any atom is -0.387 e. The number of benzene rings is 1. The van der Waals surface area contributed by atoms with Gasteiger partial charge in [-0.05, 0) is 18.9 Å². The van der Waals surface area contributed by atoms with Crippen LogP contribution < -0.4 is 5.32 Å². The Morgan fingerprint density at radius 3 is 2.53 bits per heavy atom. The zero-order valence-electron chi connectivity index (χ0n) is 9.61. The van der Waals surface area contributed by atoms with Crippen LogP contribution in [-0.4, -0.2) is 17.7 Å². The molecule has 0 aliphatic carbocycles. The molecule has 0 saturated heterocycles. The summed E-state index contributed by atoms with van der Waals surface area (Å²) in [7, 11) is 0. The van der Waals surface area contributed by atoms with Crippen LogP contribution in [0.25, 0.3) is 0 Å². The van der Waals surface area contributed by atoms with Gasteiger partial charge in [-0.15, -0.1) is 0 Å². The lowest BCUT2D eigenvalue weighted by Crippen LogP contribution is -2.30. The molecule has 0 saturated carbocycles. The fourth-order valence-electron chi connectivity index (χ4n) is 1.64. The van der Waals surface area contributed by atoms with E-state index in [1.54, 1.807) is 0 Å². The molecule has 2 atom stereocenters. The van der Waals surface area contributed by atoms with Gasteiger partial charge in [0.25, 0.3) is 0 Å². The summed E-state index contributed by atoms with van der Waals surface area (Å²) in [6.45, 7) is 4.96. The lowest BCUT2D eigenvalue weighted by Gasteiger charge is -2.16. The molecule has 1 rings (SSSR count). The Kier molecular flexibility index (Phi) is 5.37. The molecule has 1 aromatic rings. The monoisotopic (exact) mass is 207 g/mol. The maximum absolute atomic E-state index is 9.88. The molecular weight excluding hydrogens is 186 g/mol. The number of nitrogens with one attached hydrogen (secondary N) is 1. The van der Waals surface area contributed by atoms with E-state index in [0.717, 1.165) is 12.0 Å². The van der Waals surface area contributed by atoms with E-state index < -0.39 is 6.10 Å². The Labute approximate surface area is 92.3 Å². The van der Waals surface area contributed by atoms with E-state index in [4.69, 9.17) is 0 Å². The van der Waals surface area contributed by atoms with E-state index in [0.29, 0.717) is 12.6 Å². The van der Waals surface area contributed by atoms with E-state index >= 15 is 0 Å². The molecule has 0 aliphatic rings. The Balaban J connectivity index is 2.33. The van der Waals surface area contributed by atoms with Gasteiger partial charge in [0.2, 0.25) is 0 Å². The maximum Gasteiger partial charge on any atom is 0.0914 e.